The summed E-state index contributed by atoms with van der Waals surface area (Å²) in [6.45, 7) is 6.15. The fourth-order valence-electron chi connectivity index (χ4n) is 3.80. The van der Waals surface area contributed by atoms with Gasteiger partial charge in [0.05, 0.1) is 16.6 Å². The van der Waals surface area contributed by atoms with E-state index in [-0.39, 0.29) is 11.2 Å². The maximum Gasteiger partial charge on any atom is 0.330 e. The minimum atomic E-state index is -0.328. The molecule has 0 bridgehead atoms. The molecule has 2 aromatic carbocycles. The average Bonchev–Trinajstić information content (AvgIpc) is 3.05. The predicted molar refractivity (Wildman–Crippen MR) is 113 cm³/mol. The molecule has 0 saturated carbocycles. The van der Waals surface area contributed by atoms with Gasteiger partial charge in [0.2, 0.25) is 0 Å². The third kappa shape index (κ3) is 2.62. The standard InChI is InChI=1S/C23H23N3O2/c1-14-6-9-17(10-7-14)21-20-19(24(4)23(28)25(5)22(20)27)13-26(21)18-11-8-15(2)12-16(18)3/h6-13H,1-5H3. The van der Waals surface area contributed by atoms with E-state index in [9.17, 15) is 9.59 Å². The minimum Gasteiger partial charge on any atom is -0.313 e. The summed E-state index contributed by atoms with van der Waals surface area (Å²) in [5.74, 6) is 0. The maximum absolute atomic E-state index is 13.1. The molecule has 0 unspecified atom stereocenters. The van der Waals surface area contributed by atoms with Gasteiger partial charge in [0.1, 0.15) is 0 Å². The van der Waals surface area contributed by atoms with Crippen LogP contribution in [-0.4, -0.2) is 13.7 Å². The second-order valence-electron chi connectivity index (χ2n) is 7.47. The summed E-state index contributed by atoms with van der Waals surface area (Å²) in [6.07, 6.45) is 1.89. The number of aryl methyl sites for hydroxylation is 4. The third-order valence-corrected chi connectivity index (χ3v) is 5.38. The van der Waals surface area contributed by atoms with Crippen LogP contribution in [0.25, 0.3) is 27.8 Å². The number of hydrogen-bond acceptors (Lipinski definition) is 2. The van der Waals surface area contributed by atoms with Crippen molar-refractivity contribution in [2.45, 2.75) is 20.8 Å². The monoisotopic (exact) mass is 373 g/mol. The molecule has 0 spiro atoms. The first kappa shape index (κ1) is 18.0. The summed E-state index contributed by atoms with van der Waals surface area (Å²) < 4.78 is 4.74. The van der Waals surface area contributed by atoms with Crippen molar-refractivity contribution >= 4 is 10.9 Å². The highest BCUT2D eigenvalue weighted by molar-refractivity contribution is 5.95. The lowest BCUT2D eigenvalue weighted by atomic mass is 10.1. The van der Waals surface area contributed by atoms with E-state index in [1.807, 2.05) is 42.0 Å². The number of rotatable bonds is 2. The summed E-state index contributed by atoms with van der Waals surface area (Å²) in [5, 5.41) is 0.549. The van der Waals surface area contributed by atoms with Gasteiger partial charge in [-0.2, -0.15) is 0 Å². The Hall–Kier alpha value is -3.34. The molecule has 5 nitrogen and oxygen atoms in total. The topological polar surface area (TPSA) is 48.9 Å². The lowest BCUT2D eigenvalue weighted by Gasteiger charge is -2.13. The Labute approximate surface area is 163 Å². The molecule has 0 aliphatic heterocycles. The van der Waals surface area contributed by atoms with E-state index in [2.05, 4.69) is 32.0 Å². The lowest BCUT2D eigenvalue weighted by molar-refractivity contribution is 0.714. The van der Waals surface area contributed by atoms with Crippen LogP contribution in [0.15, 0.2) is 58.3 Å². The number of benzene rings is 2. The van der Waals surface area contributed by atoms with Crippen LogP contribution < -0.4 is 11.2 Å². The van der Waals surface area contributed by atoms with Gasteiger partial charge in [-0.25, -0.2) is 4.79 Å². The van der Waals surface area contributed by atoms with Crippen molar-refractivity contribution in [1.29, 1.82) is 0 Å². The van der Waals surface area contributed by atoms with Crippen LogP contribution in [0.2, 0.25) is 0 Å². The van der Waals surface area contributed by atoms with Gasteiger partial charge in [-0.15, -0.1) is 0 Å². The second kappa shape index (κ2) is 6.37. The normalized spacial score (nSPS) is 11.3. The van der Waals surface area contributed by atoms with Gasteiger partial charge >= 0.3 is 5.69 Å². The van der Waals surface area contributed by atoms with E-state index in [0.717, 1.165) is 28.1 Å². The van der Waals surface area contributed by atoms with Crippen molar-refractivity contribution in [2.75, 3.05) is 0 Å². The molecule has 0 aliphatic carbocycles. The molecule has 0 N–H and O–H groups in total. The zero-order chi connectivity index (χ0) is 20.2. The van der Waals surface area contributed by atoms with Gasteiger partial charge in [-0.3, -0.25) is 13.9 Å². The molecular weight excluding hydrogens is 350 g/mol. The molecule has 2 heterocycles. The predicted octanol–water partition coefficient (Wildman–Crippen LogP) is 3.62. The van der Waals surface area contributed by atoms with E-state index in [1.165, 1.54) is 21.7 Å². The van der Waals surface area contributed by atoms with Gasteiger partial charge in [0, 0.05) is 26.0 Å². The van der Waals surface area contributed by atoms with Crippen molar-refractivity contribution in [3.8, 4) is 16.9 Å². The fourth-order valence-corrected chi connectivity index (χ4v) is 3.80. The summed E-state index contributed by atoms with van der Waals surface area (Å²) in [4.78, 5) is 25.6. The Kier molecular flexibility index (Phi) is 4.11. The first-order chi connectivity index (χ1) is 13.3. The minimum absolute atomic E-state index is 0.280. The largest absolute Gasteiger partial charge is 0.330 e. The Bertz CT molecular complexity index is 1340. The van der Waals surface area contributed by atoms with Gasteiger partial charge in [-0.1, -0.05) is 47.5 Å². The van der Waals surface area contributed by atoms with Gasteiger partial charge < -0.3 is 4.57 Å². The molecule has 0 atom stereocenters. The van der Waals surface area contributed by atoms with E-state index >= 15 is 0 Å². The molecule has 0 amide bonds. The second-order valence-corrected chi connectivity index (χ2v) is 7.47. The van der Waals surface area contributed by atoms with Crippen LogP contribution in [0.1, 0.15) is 16.7 Å². The number of aromatic nitrogens is 3. The maximum atomic E-state index is 13.1. The first-order valence-electron chi connectivity index (χ1n) is 9.25. The molecule has 4 rings (SSSR count). The summed E-state index contributed by atoms with van der Waals surface area (Å²) in [5.41, 5.74) is 6.19. The summed E-state index contributed by atoms with van der Waals surface area (Å²) in [7, 11) is 3.23. The molecule has 5 heteroatoms. The van der Waals surface area contributed by atoms with Crippen LogP contribution in [0.3, 0.4) is 0 Å². The highest BCUT2D eigenvalue weighted by Gasteiger charge is 2.20. The zero-order valence-corrected chi connectivity index (χ0v) is 16.8. The van der Waals surface area contributed by atoms with Crippen molar-refractivity contribution in [3.05, 3.63) is 86.2 Å². The van der Waals surface area contributed by atoms with Gasteiger partial charge in [0.25, 0.3) is 5.56 Å². The lowest BCUT2D eigenvalue weighted by Crippen LogP contribution is -2.36. The Balaban J connectivity index is 2.21. The highest BCUT2D eigenvalue weighted by Crippen LogP contribution is 2.32. The van der Waals surface area contributed by atoms with Crippen LogP contribution in [0.4, 0.5) is 0 Å². The Morgan fingerprint density at radius 1 is 0.786 bits per heavy atom. The van der Waals surface area contributed by atoms with Crippen LogP contribution in [0.5, 0.6) is 0 Å². The Morgan fingerprint density at radius 3 is 2.07 bits per heavy atom. The van der Waals surface area contributed by atoms with Crippen molar-refractivity contribution in [3.63, 3.8) is 0 Å². The number of fused-ring (bicyclic) bond motifs is 1. The SMILES string of the molecule is Cc1ccc(-c2c3c(=O)n(C)c(=O)n(C)c3cn2-c2ccc(C)cc2C)cc1. The highest BCUT2D eigenvalue weighted by atomic mass is 16.2. The molecule has 28 heavy (non-hydrogen) atoms. The van der Waals surface area contributed by atoms with Gasteiger partial charge in [-0.05, 0) is 38.0 Å². The number of nitrogens with zero attached hydrogens (tertiary/aromatic N) is 3. The van der Waals surface area contributed by atoms with Crippen LogP contribution >= 0.6 is 0 Å². The summed E-state index contributed by atoms with van der Waals surface area (Å²) in [6, 6.07) is 14.4. The molecular formula is C23H23N3O2. The van der Waals surface area contributed by atoms with Crippen LogP contribution in [0, 0.1) is 20.8 Å². The summed E-state index contributed by atoms with van der Waals surface area (Å²) >= 11 is 0. The Morgan fingerprint density at radius 2 is 1.43 bits per heavy atom. The molecule has 0 radical (unpaired) electrons. The van der Waals surface area contributed by atoms with Crippen molar-refractivity contribution in [1.82, 2.24) is 13.7 Å². The third-order valence-electron chi connectivity index (χ3n) is 5.38. The first-order valence-corrected chi connectivity index (χ1v) is 9.25. The van der Waals surface area contributed by atoms with Crippen LogP contribution in [-0.2, 0) is 14.1 Å². The zero-order valence-electron chi connectivity index (χ0n) is 16.8. The van der Waals surface area contributed by atoms with E-state index in [4.69, 9.17) is 0 Å². The van der Waals surface area contributed by atoms with E-state index < -0.39 is 0 Å². The van der Waals surface area contributed by atoms with Crippen molar-refractivity contribution < 1.29 is 0 Å². The molecule has 0 saturated heterocycles. The quantitative estimate of drug-likeness (QED) is 0.539. The molecule has 0 aliphatic rings. The van der Waals surface area contributed by atoms with E-state index in [0.29, 0.717) is 10.9 Å². The van der Waals surface area contributed by atoms with Crippen molar-refractivity contribution in [2.24, 2.45) is 14.1 Å². The molecule has 142 valence electrons. The molecule has 0 fully saturated rings. The average molecular weight is 373 g/mol. The fraction of sp³-hybridized carbons (Fsp3) is 0.217. The van der Waals surface area contributed by atoms with Gasteiger partial charge in [0.15, 0.2) is 0 Å². The number of hydrogen-bond donors (Lipinski definition) is 0. The smallest absolute Gasteiger partial charge is 0.313 e. The molecule has 2 aromatic heterocycles. The molecule has 4 aromatic rings. The van der Waals surface area contributed by atoms with E-state index in [1.54, 1.807) is 7.05 Å².